The lowest BCUT2D eigenvalue weighted by atomic mass is 10.2. The van der Waals surface area contributed by atoms with Crippen LogP contribution in [-0.2, 0) is 9.59 Å². The van der Waals surface area contributed by atoms with Gasteiger partial charge < -0.3 is 16.0 Å². The zero-order valence-electron chi connectivity index (χ0n) is 14.5. The van der Waals surface area contributed by atoms with Crippen molar-refractivity contribution in [3.8, 4) is 0 Å². The fraction of sp³-hybridized carbons (Fsp3) is 0.167. The number of benzene rings is 2. The maximum atomic E-state index is 13.5. The second kappa shape index (κ2) is 9.23. The number of carbonyl (C=O) groups excluding carboxylic acids is 3. The van der Waals surface area contributed by atoms with Crippen molar-refractivity contribution in [3.63, 3.8) is 0 Å². The minimum atomic E-state index is -1.72. The molecule has 0 saturated heterocycles. The largest absolute Gasteiger partial charge is 0.345 e. The molecule has 0 radical (unpaired) electrons. The first-order valence-electron chi connectivity index (χ1n) is 7.97. The van der Waals surface area contributed by atoms with Gasteiger partial charge >= 0.3 is 0 Å². The van der Waals surface area contributed by atoms with E-state index in [1.807, 2.05) is 5.32 Å². The van der Waals surface area contributed by atoms with E-state index in [0.717, 1.165) is 6.07 Å². The van der Waals surface area contributed by atoms with Crippen molar-refractivity contribution < 1.29 is 27.6 Å². The smallest absolute Gasteiger partial charge is 0.253 e. The van der Waals surface area contributed by atoms with Crippen LogP contribution in [-0.4, -0.2) is 30.3 Å². The Kier molecular flexibility index (Phi) is 7.00. The number of nitrogens with one attached hydrogen (secondary N) is 3. The standard InChI is InChI=1S/C18H15ClF3N3O3/c1-9(24-18(28)10-4-2-3-5-11(10)19)17(27)23-8-14(26)25-13-7-6-12(20)15(21)16(13)22/h2-7,9H,8H2,1H3,(H,23,27)(H,24,28)(H,25,26). The van der Waals surface area contributed by atoms with Crippen LogP contribution in [0.15, 0.2) is 36.4 Å². The van der Waals surface area contributed by atoms with Gasteiger partial charge in [-0.2, -0.15) is 0 Å². The third kappa shape index (κ3) is 5.23. The van der Waals surface area contributed by atoms with Crippen LogP contribution in [0.2, 0.25) is 5.02 Å². The molecule has 3 N–H and O–H groups in total. The second-order valence-electron chi connectivity index (χ2n) is 5.66. The summed E-state index contributed by atoms with van der Waals surface area (Å²) < 4.78 is 39.5. The number of halogens is 4. The van der Waals surface area contributed by atoms with Gasteiger partial charge in [-0.15, -0.1) is 0 Å². The molecule has 0 aliphatic carbocycles. The summed E-state index contributed by atoms with van der Waals surface area (Å²) in [4.78, 5) is 35.9. The topological polar surface area (TPSA) is 87.3 Å². The summed E-state index contributed by atoms with van der Waals surface area (Å²) in [7, 11) is 0. The first kappa shape index (κ1) is 21.2. The first-order valence-corrected chi connectivity index (χ1v) is 8.35. The highest BCUT2D eigenvalue weighted by Crippen LogP contribution is 2.19. The Balaban J connectivity index is 1.87. The quantitative estimate of drug-likeness (QED) is 0.636. The fourth-order valence-electron chi connectivity index (χ4n) is 2.12. The van der Waals surface area contributed by atoms with E-state index >= 15 is 0 Å². The third-order valence-corrected chi connectivity index (χ3v) is 3.92. The van der Waals surface area contributed by atoms with Crippen LogP contribution in [0.4, 0.5) is 18.9 Å². The van der Waals surface area contributed by atoms with Gasteiger partial charge in [0.25, 0.3) is 5.91 Å². The summed E-state index contributed by atoms with van der Waals surface area (Å²) in [6.45, 7) is 0.806. The summed E-state index contributed by atoms with van der Waals surface area (Å²) in [6.07, 6.45) is 0. The molecular formula is C18H15ClF3N3O3. The number of carbonyl (C=O) groups is 3. The van der Waals surface area contributed by atoms with Gasteiger partial charge in [0.2, 0.25) is 11.8 Å². The number of rotatable bonds is 6. The zero-order chi connectivity index (χ0) is 20.8. The van der Waals surface area contributed by atoms with E-state index in [2.05, 4.69) is 10.6 Å². The Morgan fingerprint density at radius 1 is 1.04 bits per heavy atom. The molecule has 148 valence electrons. The summed E-state index contributed by atoms with van der Waals surface area (Å²) >= 11 is 5.90. The molecule has 1 unspecified atom stereocenters. The van der Waals surface area contributed by atoms with Crippen molar-refractivity contribution in [1.82, 2.24) is 10.6 Å². The van der Waals surface area contributed by atoms with Gasteiger partial charge in [0.1, 0.15) is 6.04 Å². The van der Waals surface area contributed by atoms with Crippen molar-refractivity contribution in [3.05, 3.63) is 64.4 Å². The van der Waals surface area contributed by atoms with E-state index in [1.54, 1.807) is 12.1 Å². The highest BCUT2D eigenvalue weighted by atomic mass is 35.5. The van der Waals surface area contributed by atoms with Crippen LogP contribution in [0.5, 0.6) is 0 Å². The van der Waals surface area contributed by atoms with Crippen LogP contribution in [0.25, 0.3) is 0 Å². The second-order valence-corrected chi connectivity index (χ2v) is 6.07. The van der Waals surface area contributed by atoms with Crippen molar-refractivity contribution in [2.45, 2.75) is 13.0 Å². The Labute approximate surface area is 163 Å². The Hall–Kier alpha value is -3.07. The zero-order valence-corrected chi connectivity index (χ0v) is 15.2. The maximum absolute atomic E-state index is 13.5. The molecule has 0 spiro atoms. The van der Waals surface area contributed by atoms with Crippen LogP contribution in [0, 0.1) is 17.5 Å². The molecular weight excluding hydrogens is 399 g/mol. The van der Waals surface area contributed by atoms with Gasteiger partial charge in [-0.05, 0) is 31.2 Å². The Bertz CT molecular complexity index is 924. The average Bonchev–Trinajstić information content (AvgIpc) is 2.66. The molecule has 0 saturated carbocycles. The van der Waals surface area contributed by atoms with E-state index in [9.17, 15) is 27.6 Å². The lowest BCUT2D eigenvalue weighted by Crippen LogP contribution is -2.46. The van der Waals surface area contributed by atoms with E-state index in [4.69, 9.17) is 11.6 Å². The minimum Gasteiger partial charge on any atom is -0.345 e. The lowest BCUT2D eigenvalue weighted by Gasteiger charge is -2.15. The van der Waals surface area contributed by atoms with Gasteiger partial charge in [0.15, 0.2) is 17.5 Å². The summed E-state index contributed by atoms with van der Waals surface area (Å²) in [5, 5.41) is 6.86. The van der Waals surface area contributed by atoms with Gasteiger partial charge in [-0.25, -0.2) is 13.2 Å². The van der Waals surface area contributed by atoms with Gasteiger partial charge in [0, 0.05) is 0 Å². The molecule has 0 aromatic heterocycles. The van der Waals surface area contributed by atoms with Gasteiger partial charge in [-0.3, -0.25) is 14.4 Å². The van der Waals surface area contributed by atoms with Crippen LogP contribution in [0.3, 0.4) is 0 Å². The van der Waals surface area contributed by atoms with E-state index in [1.165, 1.54) is 19.1 Å². The molecule has 3 amide bonds. The Morgan fingerprint density at radius 3 is 2.39 bits per heavy atom. The van der Waals surface area contributed by atoms with Crippen molar-refractivity contribution in [2.24, 2.45) is 0 Å². The predicted molar refractivity (Wildman–Crippen MR) is 96.3 cm³/mol. The van der Waals surface area contributed by atoms with Crippen LogP contribution >= 0.6 is 11.6 Å². The molecule has 0 bridgehead atoms. The molecule has 6 nitrogen and oxygen atoms in total. The molecule has 10 heteroatoms. The highest BCUT2D eigenvalue weighted by molar-refractivity contribution is 6.33. The average molecular weight is 414 g/mol. The molecule has 0 fully saturated rings. The first-order chi connectivity index (χ1) is 13.2. The van der Waals surface area contributed by atoms with Crippen molar-refractivity contribution in [1.29, 1.82) is 0 Å². The molecule has 0 aliphatic heterocycles. The SMILES string of the molecule is CC(NC(=O)c1ccccc1Cl)C(=O)NCC(=O)Nc1ccc(F)c(F)c1F. The normalized spacial score (nSPS) is 11.5. The van der Waals surface area contributed by atoms with Gasteiger partial charge in [0.05, 0.1) is 22.8 Å². The molecule has 2 aromatic carbocycles. The summed E-state index contributed by atoms with van der Waals surface area (Å²) in [6, 6.07) is 6.74. The number of amides is 3. The van der Waals surface area contributed by atoms with E-state index in [-0.39, 0.29) is 10.6 Å². The molecule has 2 aromatic rings. The van der Waals surface area contributed by atoms with Crippen LogP contribution < -0.4 is 16.0 Å². The number of hydrogen-bond acceptors (Lipinski definition) is 3. The number of hydrogen-bond donors (Lipinski definition) is 3. The van der Waals surface area contributed by atoms with E-state index < -0.39 is 53.4 Å². The molecule has 0 aliphatic rings. The van der Waals surface area contributed by atoms with Crippen LogP contribution in [0.1, 0.15) is 17.3 Å². The lowest BCUT2D eigenvalue weighted by molar-refractivity contribution is -0.125. The molecule has 2 rings (SSSR count). The third-order valence-electron chi connectivity index (χ3n) is 3.59. The van der Waals surface area contributed by atoms with Crippen molar-refractivity contribution in [2.75, 3.05) is 11.9 Å². The highest BCUT2D eigenvalue weighted by Gasteiger charge is 2.19. The molecule has 0 heterocycles. The summed E-state index contributed by atoms with van der Waals surface area (Å²) in [5.41, 5.74) is -0.395. The molecule has 28 heavy (non-hydrogen) atoms. The Morgan fingerprint density at radius 2 is 1.71 bits per heavy atom. The van der Waals surface area contributed by atoms with Gasteiger partial charge in [-0.1, -0.05) is 23.7 Å². The van der Waals surface area contributed by atoms with E-state index in [0.29, 0.717) is 6.07 Å². The summed E-state index contributed by atoms with van der Waals surface area (Å²) in [5.74, 6) is -6.82. The van der Waals surface area contributed by atoms with Crippen molar-refractivity contribution >= 4 is 35.0 Å². The minimum absolute atomic E-state index is 0.176. The fourth-order valence-corrected chi connectivity index (χ4v) is 2.34. The maximum Gasteiger partial charge on any atom is 0.253 e. The predicted octanol–water partition coefficient (Wildman–Crippen LogP) is 2.63. The molecule has 1 atom stereocenters. The monoisotopic (exact) mass is 413 g/mol. The number of anilines is 1.